The maximum atomic E-state index is 5.16. The van der Waals surface area contributed by atoms with Gasteiger partial charge in [0.15, 0.2) is 0 Å². The summed E-state index contributed by atoms with van der Waals surface area (Å²) in [6.45, 7) is 1.84. The van der Waals surface area contributed by atoms with E-state index in [1.54, 1.807) is 0 Å². The van der Waals surface area contributed by atoms with Gasteiger partial charge >= 0.3 is 0 Å². The van der Waals surface area contributed by atoms with Crippen molar-refractivity contribution in [1.82, 2.24) is 0 Å². The van der Waals surface area contributed by atoms with E-state index in [0.717, 1.165) is 15.7 Å². The van der Waals surface area contributed by atoms with Gasteiger partial charge in [-0.25, -0.2) is 0 Å². The largest absolute Gasteiger partial charge is 0.369 e. The highest BCUT2D eigenvalue weighted by molar-refractivity contribution is 9.10. The fourth-order valence-corrected chi connectivity index (χ4v) is 1.30. The maximum absolute atomic E-state index is 5.16. The van der Waals surface area contributed by atoms with Crippen LogP contribution in [0.25, 0.3) is 0 Å². The maximum Gasteiger partial charge on any atom is 0.211 e. The van der Waals surface area contributed by atoms with Crippen molar-refractivity contribution in [3.05, 3.63) is 34.3 Å². The first kappa shape index (κ1) is 10.7. The van der Waals surface area contributed by atoms with Gasteiger partial charge in [-0.05, 0) is 24.6 Å². The van der Waals surface area contributed by atoms with Crippen LogP contribution in [-0.4, -0.2) is 11.7 Å². The lowest BCUT2D eigenvalue weighted by Gasteiger charge is -1.98. The minimum absolute atomic E-state index is 0.0423. The Kier molecular flexibility index (Phi) is 3.64. The summed E-state index contributed by atoms with van der Waals surface area (Å²) >= 11 is 3.37. The molecular weight excluding hydrogens is 244 g/mol. The standard InChI is InChI=1S/C9H11BrN4/c1-6(13-14-9(11)12)7-3-2-4-8(10)5-7/h2-5H,1H3,(H4,11,12,14). The molecule has 0 saturated heterocycles. The Morgan fingerprint density at radius 2 is 2.00 bits per heavy atom. The predicted molar refractivity (Wildman–Crippen MR) is 62.2 cm³/mol. The fourth-order valence-electron chi connectivity index (χ4n) is 0.904. The second kappa shape index (κ2) is 4.76. The molecular formula is C9H11BrN4. The molecule has 0 spiro atoms. The molecule has 0 unspecified atom stereocenters. The first-order valence-corrected chi connectivity index (χ1v) is 4.78. The molecule has 0 amide bonds. The second-order valence-electron chi connectivity index (χ2n) is 2.72. The second-order valence-corrected chi connectivity index (χ2v) is 3.64. The first-order valence-electron chi connectivity index (χ1n) is 3.98. The van der Waals surface area contributed by atoms with Gasteiger partial charge in [0, 0.05) is 4.47 Å². The molecule has 0 radical (unpaired) electrons. The Hall–Kier alpha value is -1.36. The first-order chi connectivity index (χ1) is 6.59. The van der Waals surface area contributed by atoms with Gasteiger partial charge < -0.3 is 11.5 Å². The minimum Gasteiger partial charge on any atom is -0.369 e. The van der Waals surface area contributed by atoms with Gasteiger partial charge in [0.1, 0.15) is 0 Å². The molecule has 0 heterocycles. The lowest BCUT2D eigenvalue weighted by Crippen LogP contribution is -2.22. The summed E-state index contributed by atoms with van der Waals surface area (Å²) in [7, 11) is 0. The number of guanidine groups is 1. The molecule has 4 nitrogen and oxygen atoms in total. The Labute approximate surface area is 90.8 Å². The van der Waals surface area contributed by atoms with Crippen molar-refractivity contribution in [2.24, 2.45) is 21.7 Å². The summed E-state index contributed by atoms with van der Waals surface area (Å²) < 4.78 is 0.995. The zero-order valence-corrected chi connectivity index (χ0v) is 9.32. The van der Waals surface area contributed by atoms with E-state index in [1.165, 1.54) is 0 Å². The van der Waals surface area contributed by atoms with Crippen LogP contribution in [0.5, 0.6) is 0 Å². The van der Waals surface area contributed by atoms with Gasteiger partial charge in [0.25, 0.3) is 0 Å². The molecule has 0 atom stereocenters. The van der Waals surface area contributed by atoms with E-state index in [4.69, 9.17) is 11.5 Å². The van der Waals surface area contributed by atoms with Crippen LogP contribution in [0, 0.1) is 0 Å². The Morgan fingerprint density at radius 1 is 1.29 bits per heavy atom. The number of nitrogens with two attached hydrogens (primary N) is 2. The topological polar surface area (TPSA) is 76.8 Å². The van der Waals surface area contributed by atoms with Crippen molar-refractivity contribution >= 4 is 27.6 Å². The normalized spacial score (nSPS) is 11.1. The van der Waals surface area contributed by atoms with Crippen LogP contribution in [0.3, 0.4) is 0 Å². The van der Waals surface area contributed by atoms with E-state index >= 15 is 0 Å². The van der Waals surface area contributed by atoms with Crippen LogP contribution in [0.1, 0.15) is 12.5 Å². The molecule has 74 valence electrons. The molecule has 0 aromatic heterocycles. The van der Waals surface area contributed by atoms with Crippen molar-refractivity contribution in [3.8, 4) is 0 Å². The fraction of sp³-hybridized carbons (Fsp3) is 0.111. The third-order valence-electron chi connectivity index (χ3n) is 1.56. The number of halogens is 1. The summed E-state index contributed by atoms with van der Waals surface area (Å²) in [5, 5.41) is 7.44. The molecule has 1 aromatic rings. The Morgan fingerprint density at radius 3 is 2.57 bits per heavy atom. The SMILES string of the molecule is CC(=NN=C(N)N)c1cccc(Br)c1. The quantitative estimate of drug-likeness (QED) is 0.476. The summed E-state index contributed by atoms with van der Waals surface area (Å²) in [4.78, 5) is 0. The van der Waals surface area contributed by atoms with Gasteiger partial charge in [-0.15, -0.1) is 5.10 Å². The number of benzene rings is 1. The van der Waals surface area contributed by atoms with Gasteiger partial charge in [-0.1, -0.05) is 28.1 Å². The predicted octanol–water partition coefficient (Wildman–Crippen LogP) is 1.45. The van der Waals surface area contributed by atoms with Gasteiger partial charge in [-0.2, -0.15) is 5.10 Å². The van der Waals surface area contributed by atoms with Crippen LogP contribution < -0.4 is 11.5 Å². The van der Waals surface area contributed by atoms with Crippen LogP contribution in [0.15, 0.2) is 38.9 Å². The molecule has 0 fully saturated rings. The number of hydrogen-bond donors (Lipinski definition) is 2. The van der Waals surface area contributed by atoms with Gasteiger partial charge in [-0.3, -0.25) is 0 Å². The van der Waals surface area contributed by atoms with Crippen molar-refractivity contribution in [2.75, 3.05) is 0 Å². The van der Waals surface area contributed by atoms with Gasteiger partial charge in [0.05, 0.1) is 5.71 Å². The summed E-state index contributed by atoms with van der Waals surface area (Å²) in [5.74, 6) is -0.0423. The van der Waals surface area contributed by atoms with E-state index < -0.39 is 0 Å². The summed E-state index contributed by atoms with van der Waals surface area (Å²) in [5.41, 5.74) is 12.1. The van der Waals surface area contributed by atoms with E-state index in [2.05, 4.69) is 26.1 Å². The molecule has 5 heteroatoms. The number of hydrogen-bond acceptors (Lipinski definition) is 2. The minimum atomic E-state index is -0.0423. The highest BCUT2D eigenvalue weighted by atomic mass is 79.9. The van der Waals surface area contributed by atoms with E-state index in [1.807, 2.05) is 31.2 Å². The highest BCUT2D eigenvalue weighted by Gasteiger charge is 1.96. The number of nitrogens with zero attached hydrogens (tertiary/aromatic N) is 2. The van der Waals surface area contributed by atoms with Crippen molar-refractivity contribution < 1.29 is 0 Å². The lowest BCUT2D eigenvalue weighted by atomic mass is 10.1. The highest BCUT2D eigenvalue weighted by Crippen LogP contribution is 2.12. The summed E-state index contributed by atoms with van der Waals surface area (Å²) in [6, 6.07) is 7.75. The molecule has 4 N–H and O–H groups in total. The molecule has 1 aromatic carbocycles. The molecule has 0 bridgehead atoms. The summed E-state index contributed by atoms with van der Waals surface area (Å²) in [6.07, 6.45) is 0. The molecule has 14 heavy (non-hydrogen) atoms. The van der Waals surface area contributed by atoms with Crippen LogP contribution >= 0.6 is 15.9 Å². The van der Waals surface area contributed by atoms with E-state index in [9.17, 15) is 0 Å². The third-order valence-corrected chi connectivity index (χ3v) is 2.05. The zero-order valence-electron chi connectivity index (χ0n) is 7.74. The average molecular weight is 255 g/mol. The molecule has 0 saturated carbocycles. The molecule has 0 aliphatic heterocycles. The van der Waals surface area contributed by atoms with Crippen molar-refractivity contribution in [1.29, 1.82) is 0 Å². The third kappa shape index (κ3) is 3.18. The van der Waals surface area contributed by atoms with Crippen molar-refractivity contribution in [2.45, 2.75) is 6.92 Å². The van der Waals surface area contributed by atoms with Crippen LogP contribution in [-0.2, 0) is 0 Å². The van der Waals surface area contributed by atoms with Crippen molar-refractivity contribution in [3.63, 3.8) is 0 Å². The van der Waals surface area contributed by atoms with Crippen LogP contribution in [0.4, 0.5) is 0 Å². The lowest BCUT2D eigenvalue weighted by molar-refractivity contribution is 1.19. The average Bonchev–Trinajstić information content (AvgIpc) is 2.14. The Bertz CT molecular complexity index is 380. The molecule has 0 aliphatic rings. The molecule has 1 rings (SSSR count). The van der Waals surface area contributed by atoms with E-state index in [0.29, 0.717) is 0 Å². The van der Waals surface area contributed by atoms with Gasteiger partial charge in [0.2, 0.25) is 5.96 Å². The smallest absolute Gasteiger partial charge is 0.211 e. The number of rotatable bonds is 2. The van der Waals surface area contributed by atoms with Crippen LogP contribution in [0.2, 0.25) is 0 Å². The Balaban J connectivity index is 2.95. The zero-order chi connectivity index (χ0) is 10.6. The molecule has 0 aliphatic carbocycles. The monoisotopic (exact) mass is 254 g/mol. The van der Waals surface area contributed by atoms with E-state index in [-0.39, 0.29) is 5.96 Å².